The number of ether oxygens (including phenoxy) is 2. The molecule has 4 atom stereocenters. The summed E-state index contributed by atoms with van der Waals surface area (Å²) < 4.78 is 12.7. The van der Waals surface area contributed by atoms with E-state index in [1.165, 1.54) is 60.1 Å². The highest BCUT2D eigenvalue weighted by Crippen LogP contribution is 2.49. The minimum absolute atomic E-state index is 0.0883. The Kier molecular flexibility index (Phi) is 7.03. The SMILES string of the molecule is c1ccc(COc2ccc3c(c2)C2(CCC3)CCc3c(nc(OC[C@@H]4CCCN4)nc3N3[C@@H]4CC[C@H]3CNC4)C2)cc1. The van der Waals surface area contributed by atoms with Crippen LogP contribution in [0, 0.1) is 0 Å². The summed E-state index contributed by atoms with van der Waals surface area (Å²) in [6, 6.07) is 19.3. The number of hydrogen-bond donors (Lipinski definition) is 2. The summed E-state index contributed by atoms with van der Waals surface area (Å²) in [5, 5.41) is 7.21. The van der Waals surface area contributed by atoms with Crippen LogP contribution >= 0.6 is 0 Å². The Bertz CT molecular complexity index is 1410. The zero-order valence-corrected chi connectivity index (χ0v) is 24.6. The van der Waals surface area contributed by atoms with Gasteiger partial charge in [-0.05, 0) is 99.6 Å². The fourth-order valence-corrected chi connectivity index (χ4v) is 8.44. The Morgan fingerprint density at radius 2 is 1.79 bits per heavy atom. The number of rotatable bonds is 7. The Hall–Kier alpha value is -3.16. The number of nitrogens with zero attached hydrogens (tertiary/aromatic N) is 3. The van der Waals surface area contributed by atoms with E-state index in [4.69, 9.17) is 19.4 Å². The molecule has 0 amide bonds. The van der Waals surface area contributed by atoms with Crippen LogP contribution in [0.4, 0.5) is 5.82 Å². The van der Waals surface area contributed by atoms with Gasteiger partial charge in [-0.3, -0.25) is 0 Å². The van der Waals surface area contributed by atoms with Crippen molar-refractivity contribution < 1.29 is 9.47 Å². The molecule has 1 aromatic heterocycles. The number of fused-ring (bicyclic) bond motifs is 5. The van der Waals surface area contributed by atoms with E-state index in [0.29, 0.717) is 37.3 Å². The van der Waals surface area contributed by atoms with Gasteiger partial charge in [0.2, 0.25) is 0 Å². The number of anilines is 1. The van der Waals surface area contributed by atoms with Crippen molar-refractivity contribution in [2.75, 3.05) is 31.1 Å². The van der Waals surface area contributed by atoms with E-state index in [0.717, 1.165) is 63.3 Å². The van der Waals surface area contributed by atoms with Gasteiger partial charge in [0.15, 0.2) is 0 Å². The molecule has 2 aliphatic carbocycles. The lowest BCUT2D eigenvalue weighted by Gasteiger charge is -2.44. The Morgan fingerprint density at radius 1 is 0.905 bits per heavy atom. The molecule has 2 bridgehead atoms. The third-order valence-corrected chi connectivity index (χ3v) is 10.6. The molecular formula is C35H43N5O2. The van der Waals surface area contributed by atoms with Crippen molar-refractivity contribution in [3.63, 3.8) is 0 Å². The highest BCUT2D eigenvalue weighted by Gasteiger charge is 2.44. The molecule has 3 aliphatic heterocycles. The molecule has 7 nitrogen and oxygen atoms in total. The first-order valence-corrected chi connectivity index (χ1v) is 16.3. The van der Waals surface area contributed by atoms with Crippen molar-refractivity contribution in [1.82, 2.24) is 20.6 Å². The van der Waals surface area contributed by atoms with Gasteiger partial charge >= 0.3 is 6.01 Å². The molecule has 220 valence electrons. The van der Waals surface area contributed by atoms with E-state index in [-0.39, 0.29) is 5.41 Å². The maximum atomic E-state index is 6.37. The molecule has 1 spiro atoms. The molecule has 5 aliphatic rings. The van der Waals surface area contributed by atoms with Crippen LogP contribution in [0.15, 0.2) is 48.5 Å². The summed E-state index contributed by atoms with van der Waals surface area (Å²) in [4.78, 5) is 13.0. The second kappa shape index (κ2) is 11.2. The molecule has 42 heavy (non-hydrogen) atoms. The molecule has 0 radical (unpaired) electrons. The fraction of sp³-hybridized carbons (Fsp3) is 0.543. The second-order valence-electron chi connectivity index (χ2n) is 13.2. The van der Waals surface area contributed by atoms with Crippen molar-refractivity contribution in [2.45, 2.75) is 94.4 Å². The topological polar surface area (TPSA) is 71.5 Å². The molecule has 2 N–H and O–H groups in total. The lowest BCUT2D eigenvalue weighted by atomic mass is 9.62. The van der Waals surface area contributed by atoms with Crippen LogP contribution in [0.5, 0.6) is 11.8 Å². The Balaban J connectivity index is 1.12. The van der Waals surface area contributed by atoms with Crippen LogP contribution in [0.2, 0.25) is 0 Å². The average Bonchev–Trinajstić information content (AvgIpc) is 3.64. The van der Waals surface area contributed by atoms with Gasteiger partial charge in [-0.1, -0.05) is 36.4 Å². The first-order chi connectivity index (χ1) is 20.7. The third kappa shape index (κ3) is 4.94. The molecule has 3 aromatic rings. The molecular weight excluding hydrogens is 522 g/mol. The van der Waals surface area contributed by atoms with Gasteiger partial charge in [0.1, 0.15) is 24.8 Å². The number of aryl methyl sites for hydroxylation is 1. The molecule has 3 saturated heterocycles. The van der Waals surface area contributed by atoms with Crippen LogP contribution in [0.1, 0.15) is 72.9 Å². The van der Waals surface area contributed by atoms with Crippen molar-refractivity contribution >= 4 is 5.82 Å². The molecule has 8 rings (SSSR count). The molecule has 0 saturated carbocycles. The van der Waals surface area contributed by atoms with Crippen LogP contribution in [-0.4, -0.2) is 54.3 Å². The molecule has 1 unspecified atom stereocenters. The number of piperazine rings is 1. The lowest BCUT2D eigenvalue weighted by Crippen LogP contribution is -2.53. The predicted molar refractivity (Wildman–Crippen MR) is 165 cm³/mol. The fourth-order valence-electron chi connectivity index (χ4n) is 8.44. The normalized spacial score (nSPS) is 28.0. The van der Waals surface area contributed by atoms with E-state index in [2.05, 4.69) is 64.1 Å². The van der Waals surface area contributed by atoms with E-state index < -0.39 is 0 Å². The maximum absolute atomic E-state index is 6.37. The van der Waals surface area contributed by atoms with Gasteiger partial charge in [0.25, 0.3) is 0 Å². The van der Waals surface area contributed by atoms with Crippen molar-refractivity contribution in [1.29, 1.82) is 0 Å². The predicted octanol–water partition coefficient (Wildman–Crippen LogP) is 4.89. The Morgan fingerprint density at radius 3 is 2.62 bits per heavy atom. The maximum Gasteiger partial charge on any atom is 0.318 e. The first kappa shape index (κ1) is 26.5. The smallest absolute Gasteiger partial charge is 0.318 e. The van der Waals surface area contributed by atoms with E-state index in [9.17, 15) is 0 Å². The van der Waals surface area contributed by atoms with Crippen LogP contribution in [0.3, 0.4) is 0 Å². The highest BCUT2D eigenvalue weighted by molar-refractivity contribution is 5.56. The third-order valence-electron chi connectivity index (χ3n) is 10.6. The minimum atomic E-state index is 0.0883. The molecule has 2 aromatic carbocycles. The lowest BCUT2D eigenvalue weighted by molar-refractivity contribution is 0.252. The number of hydrogen-bond acceptors (Lipinski definition) is 7. The first-order valence-electron chi connectivity index (χ1n) is 16.3. The highest BCUT2D eigenvalue weighted by atomic mass is 16.5. The summed E-state index contributed by atoms with van der Waals surface area (Å²) in [7, 11) is 0. The molecule has 3 fully saturated rings. The van der Waals surface area contributed by atoms with Crippen molar-refractivity contribution in [3.05, 3.63) is 76.5 Å². The minimum Gasteiger partial charge on any atom is -0.489 e. The summed E-state index contributed by atoms with van der Waals surface area (Å²) in [6.07, 6.45) is 11.5. The quantitative estimate of drug-likeness (QED) is 0.423. The zero-order chi connectivity index (χ0) is 27.9. The van der Waals surface area contributed by atoms with E-state index in [1.807, 2.05) is 0 Å². The number of nitrogens with one attached hydrogen (secondary N) is 2. The Labute approximate surface area is 249 Å². The largest absolute Gasteiger partial charge is 0.489 e. The summed E-state index contributed by atoms with van der Waals surface area (Å²) in [5.74, 6) is 2.13. The van der Waals surface area contributed by atoms with Gasteiger partial charge < -0.3 is 25.0 Å². The van der Waals surface area contributed by atoms with Gasteiger partial charge in [0.05, 0.1) is 5.69 Å². The van der Waals surface area contributed by atoms with Crippen LogP contribution in [-0.2, 0) is 31.3 Å². The zero-order valence-electron chi connectivity index (χ0n) is 24.6. The second-order valence-corrected chi connectivity index (χ2v) is 13.2. The van der Waals surface area contributed by atoms with E-state index in [1.54, 1.807) is 0 Å². The van der Waals surface area contributed by atoms with E-state index >= 15 is 0 Å². The number of aromatic nitrogens is 2. The van der Waals surface area contributed by atoms with Gasteiger partial charge in [-0.2, -0.15) is 9.97 Å². The van der Waals surface area contributed by atoms with Gasteiger partial charge in [-0.15, -0.1) is 0 Å². The standard InChI is InChI=1S/C35H43N5O2/c1-2-6-24(7-3-1)22-41-29-13-10-25-8-4-15-35(31(25)18-29)16-14-30-32(19-35)38-34(42-23-26-9-5-17-37-26)39-33(30)40-27-11-12-28(40)21-36-20-27/h1-3,6-7,10,13,18,26-28,36-37H,4-5,8-9,11-12,14-17,19-23H2/t26-,27-,28+,35?/m0/s1. The number of benzene rings is 2. The van der Waals surface area contributed by atoms with Gasteiger partial charge in [-0.25, -0.2) is 0 Å². The summed E-state index contributed by atoms with van der Waals surface area (Å²) >= 11 is 0. The molecule has 4 heterocycles. The van der Waals surface area contributed by atoms with Gasteiger partial charge in [0, 0.05) is 42.2 Å². The average molecular weight is 566 g/mol. The van der Waals surface area contributed by atoms with Crippen LogP contribution in [0.25, 0.3) is 0 Å². The molecule has 7 heteroatoms. The summed E-state index contributed by atoms with van der Waals surface area (Å²) in [5.41, 5.74) is 6.82. The van der Waals surface area contributed by atoms with Crippen molar-refractivity contribution in [2.24, 2.45) is 0 Å². The monoisotopic (exact) mass is 565 g/mol. The van der Waals surface area contributed by atoms with Crippen molar-refractivity contribution in [3.8, 4) is 11.8 Å². The van der Waals surface area contributed by atoms with Crippen LogP contribution < -0.4 is 25.0 Å². The summed E-state index contributed by atoms with van der Waals surface area (Å²) in [6.45, 7) is 4.40.